The highest BCUT2D eigenvalue weighted by atomic mass is 15.3. The Labute approximate surface area is 277 Å². The lowest BCUT2D eigenvalue weighted by Gasteiger charge is -2.11. The molecular weight excluding hydrogens is 544 g/mol. The molecule has 3 rings (SSSR count). The number of rotatable bonds is 22. The third kappa shape index (κ3) is 13.5. The number of allylic oxidation sites excluding steroid dienone is 1. The average molecular weight is 608 g/mol. The molecule has 3 aromatic rings. The highest BCUT2D eigenvalue weighted by Gasteiger charge is 2.13. The van der Waals surface area contributed by atoms with E-state index in [2.05, 4.69) is 112 Å². The second-order valence-corrected chi connectivity index (χ2v) is 13.0. The van der Waals surface area contributed by atoms with Gasteiger partial charge in [-0.3, -0.25) is 0 Å². The van der Waals surface area contributed by atoms with Crippen molar-refractivity contribution in [2.45, 2.75) is 143 Å². The van der Waals surface area contributed by atoms with Crippen LogP contribution in [0.5, 0.6) is 0 Å². The lowest BCUT2D eigenvalue weighted by molar-refractivity contribution is -0.512. The van der Waals surface area contributed by atoms with Crippen molar-refractivity contribution in [2.75, 3.05) is 7.05 Å². The van der Waals surface area contributed by atoms with E-state index in [1.807, 2.05) is 0 Å². The summed E-state index contributed by atoms with van der Waals surface area (Å²) in [7, 11) is 2.12. The third-order valence-electron chi connectivity index (χ3n) is 9.06. The van der Waals surface area contributed by atoms with Crippen LogP contribution in [0.25, 0.3) is 17.2 Å². The summed E-state index contributed by atoms with van der Waals surface area (Å²) in [4.78, 5) is 0. The summed E-state index contributed by atoms with van der Waals surface area (Å²) in [6.45, 7) is 9.12. The molecule has 0 amide bonds. The third-order valence-corrected chi connectivity index (χ3v) is 9.06. The number of benzene rings is 3. The van der Waals surface area contributed by atoms with Crippen LogP contribution in [0.4, 0.5) is 5.69 Å². The Morgan fingerprint density at radius 2 is 1.18 bits per heavy atom. The summed E-state index contributed by atoms with van der Waals surface area (Å²) < 4.78 is 2.11. The maximum absolute atomic E-state index is 5.14. The van der Waals surface area contributed by atoms with Gasteiger partial charge >= 0.3 is 0 Å². The second kappa shape index (κ2) is 21.7. The molecule has 0 aliphatic carbocycles. The standard InChI is InChI=1S/C43H63N2/c1-6-10-13-15-17-20-25-37-31-36(24-12-8-3)32-38(33-37)34-42(9-4)45(5)44-41-29-30-43(39-26-22-19-23-27-39)40(35-41)28-21-18-16-14-11-7-2/h19,22-23,26-27,29-35H,6-18,20-21,24-25,28H2,1-5H3/q+1. The van der Waals surface area contributed by atoms with E-state index >= 15 is 0 Å². The topological polar surface area (TPSA) is 15.4 Å². The van der Waals surface area contributed by atoms with E-state index in [0.29, 0.717) is 0 Å². The Morgan fingerprint density at radius 3 is 1.80 bits per heavy atom. The molecular formula is C43H63N2+. The zero-order valence-electron chi connectivity index (χ0n) is 29.6. The summed E-state index contributed by atoms with van der Waals surface area (Å²) in [5.41, 5.74) is 10.7. The van der Waals surface area contributed by atoms with Crippen LogP contribution < -0.4 is 0 Å². The average Bonchev–Trinajstić information content (AvgIpc) is 3.06. The van der Waals surface area contributed by atoms with Crippen molar-refractivity contribution in [1.82, 2.24) is 0 Å². The highest BCUT2D eigenvalue weighted by Crippen LogP contribution is 2.30. The monoisotopic (exact) mass is 607 g/mol. The first kappa shape index (κ1) is 36.5. The van der Waals surface area contributed by atoms with E-state index in [4.69, 9.17) is 5.11 Å². The van der Waals surface area contributed by atoms with Crippen molar-refractivity contribution in [1.29, 1.82) is 0 Å². The molecule has 0 aromatic heterocycles. The van der Waals surface area contributed by atoms with Crippen molar-refractivity contribution < 1.29 is 4.70 Å². The minimum absolute atomic E-state index is 0.943. The van der Waals surface area contributed by atoms with Gasteiger partial charge in [0.2, 0.25) is 5.70 Å². The molecule has 0 heterocycles. The van der Waals surface area contributed by atoms with Crippen molar-refractivity contribution in [2.24, 2.45) is 5.11 Å². The van der Waals surface area contributed by atoms with E-state index in [0.717, 1.165) is 18.5 Å². The first-order valence-corrected chi connectivity index (χ1v) is 18.5. The van der Waals surface area contributed by atoms with Gasteiger partial charge in [0.25, 0.3) is 0 Å². The quantitative estimate of drug-likeness (QED) is 0.0613. The molecule has 0 aliphatic rings. The Balaban J connectivity index is 1.82. The SMILES string of the molecule is CCCCCCCCc1cc(C=C(CC)[N+](C)=Nc2ccc(-c3ccccc3)c(CCCCCCCC)c2)cc(CCCC)c1. The van der Waals surface area contributed by atoms with Gasteiger partial charge in [0, 0.05) is 12.5 Å². The van der Waals surface area contributed by atoms with Crippen LogP contribution in [0.3, 0.4) is 0 Å². The van der Waals surface area contributed by atoms with Crippen molar-refractivity contribution >= 4 is 11.8 Å². The van der Waals surface area contributed by atoms with Crippen LogP contribution in [0.1, 0.15) is 146 Å². The number of hydrogen-bond acceptors (Lipinski definition) is 1. The van der Waals surface area contributed by atoms with Gasteiger partial charge in [-0.2, -0.15) is 0 Å². The molecule has 0 fully saturated rings. The fraction of sp³-hybridized carbons (Fsp3) is 0.535. The minimum Gasteiger partial charge on any atom is -0.0906 e. The fourth-order valence-corrected chi connectivity index (χ4v) is 6.35. The highest BCUT2D eigenvalue weighted by molar-refractivity contribution is 5.69. The van der Waals surface area contributed by atoms with Gasteiger partial charge in [0.05, 0.1) is 0 Å². The number of unbranched alkanes of at least 4 members (excludes halogenated alkanes) is 11. The van der Waals surface area contributed by atoms with E-state index in [-0.39, 0.29) is 0 Å². The van der Waals surface area contributed by atoms with Gasteiger partial charge < -0.3 is 0 Å². The summed E-state index contributed by atoms with van der Waals surface area (Å²) >= 11 is 0. The van der Waals surface area contributed by atoms with Crippen molar-refractivity contribution in [3.63, 3.8) is 0 Å². The molecule has 0 saturated carbocycles. The molecule has 0 atom stereocenters. The molecule has 244 valence electrons. The maximum Gasteiger partial charge on any atom is 0.208 e. The largest absolute Gasteiger partial charge is 0.208 e. The summed E-state index contributed by atoms with van der Waals surface area (Å²) in [6.07, 6.45) is 25.2. The summed E-state index contributed by atoms with van der Waals surface area (Å²) in [5.74, 6) is 0. The van der Waals surface area contributed by atoms with E-state index in [1.54, 1.807) is 0 Å². The summed E-state index contributed by atoms with van der Waals surface area (Å²) in [5, 5.41) is 5.14. The first-order chi connectivity index (χ1) is 22.1. The normalized spacial score (nSPS) is 12.2. The number of hydrogen-bond donors (Lipinski definition) is 0. The number of nitrogens with zero attached hydrogens (tertiary/aromatic N) is 2. The Morgan fingerprint density at radius 1 is 0.600 bits per heavy atom. The van der Waals surface area contributed by atoms with Gasteiger partial charge in [-0.1, -0.05) is 158 Å². The lowest BCUT2D eigenvalue weighted by atomic mass is 9.95. The Kier molecular flexibility index (Phi) is 17.6. The first-order valence-electron chi connectivity index (χ1n) is 18.5. The van der Waals surface area contributed by atoms with Crippen LogP contribution in [0.15, 0.2) is 77.5 Å². The molecule has 0 N–H and O–H groups in total. The predicted molar refractivity (Wildman–Crippen MR) is 198 cm³/mol. The minimum atomic E-state index is 0.943. The second-order valence-electron chi connectivity index (χ2n) is 13.0. The molecule has 0 aliphatic heterocycles. The molecule has 0 unspecified atom stereocenters. The number of azo groups is 2. The fourth-order valence-electron chi connectivity index (χ4n) is 6.35. The number of aryl methyl sites for hydroxylation is 3. The van der Waals surface area contributed by atoms with Crippen LogP contribution in [-0.2, 0) is 19.3 Å². The smallest absolute Gasteiger partial charge is 0.0906 e. The van der Waals surface area contributed by atoms with Crippen molar-refractivity contribution in [3.05, 3.63) is 94.7 Å². The zero-order chi connectivity index (χ0) is 32.1. The van der Waals surface area contributed by atoms with E-state index < -0.39 is 0 Å². The Bertz CT molecular complexity index is 1300. The van der Waals surface area contributed by atoms with Gasteiger partial charge in [-0.05, 0) is 89.2 Å². The Hall–Kier alpha value is -3.00. The zero-order valence-corrected chi connectivity index (χ0v) is 29.6. The van der Waals surface area contributed by atoms with Crippen molar-refractivity contribution in [3.8, 4) is 11.1 Å². The van der Waals surface area contributed by atoms with Crippen LogP contribution in [0, 0.1) is 0 Å². The predicted octanol–water partition coefficient (Wildman–Crippen LogP) is 13.7. The molecule has 0 bridgehead atoms. The van der Waals surface area contributed by atoms with Gasteiger partial charge in [-0.15, -0.1) is 0 Å². The molecule has 45 heavy (non-hydrogen) atoms. The molecule has 0 radical (unpaired) electrons. The lowest BCUT2D eigenvalue weighted by Crippen LogP contribution is -2.02. The molecule has 0 saturated heterocycles. The maximum atomic E-state index is 5.14. The molecule has 0 spiro atoms. The van der Waals surface area contributed by atoms with Gasteiger partial charge in [0.1, 0.15) is 5.69 Å². The van der Waals surface area contributed by atoms with Crippen LogP contribution >= 0.6 is 0 Å². The van der Waals surface area contributed by atoms with Gasteiger partial charge in [-0.25, -0.2) is 0 Å². The van der Waals surface area contributed by atoms with E-state index in [9.17, 15) is 0 Å². The van der Waals surface area contributed by atoms with Crippen LogP contribution in [-0.4, -0.2) is 11.7 Å². The molecule has 2 nitrogen and oxygen atoms in total. The molecule has 3 aromatic carbocycles. The van der Waals surface area contributed by atoms with Gasteiger partial charge in [0.15, 0.2) is 7.05 Å². The van der Waals surface area contributed by atoms with E-state index in [1.165, 1.54) is 142 Å². The van der Waals surface area contributed by atoms with Crippen LogP contribution in [0.2, 0.25) is 0 Å². The summed E-state index contributed by atoms with van der Waals surface area (Å²) in [6, 6.07) is 25.0. The molecule has 2 heteroatoms.